The van der Waals surface area contributed by atoms with Crippen molar-refractivity contribution in [1.82, 2.24) is 25.0 Å². The molecule has 1 unspecified atom stereocenters. The van der Waals surface area contributed by atoms with Crippen molar-refractivity contribution in [2.45, 2.75) is 64.2 Å². The van der Waals surface area contributed by atoms with Gasteiger partial charge in [-0.15, -0.1) is 0 Å². The zero-order valence-electron chi connectivity index (χ0n) is 17.9. The van der Waals surface area contributed by atoms with Crippen LogP contribution in [0.4, 0.5) is 0 Å². The first-order valence-corrected chi connectivity index (χ1v) is 10.9. The van der Waals surface area contributed by atoms with E-state index in [1.807, 2.05) is 42.8 Å². The summed E-state index contributed by atoms with van der Waals surface area (Å²) in [5, 5.41) is 8.92. The maximum absolute atomic E-state index is 13.3. The molecule has 2 aliphatic heterocycles. The number of nitrogens with one attached hydrogen (secondary N) is 1. The van der Waals surface area contributed by atoms with Gasteiger partial charge in [0.25, 0.3) is 5.91 Å². The van der Waals surface area contributed by atoms with Gasteiger partial charge in [0.05, 0.1) is 23.2 Å². The van der Waals surface area contributed by atoms with Gasteiger partial charge in [0.1, 0.15) is 0 Å². The lowest BCUT2D eigenvalue weighted by atomic mass is 9.97. The van der Waals surface area contributed by atoms with Crippen LogP contribution in [0, 0.1) is 13.8 Å². The number of carbonyl (C=O) groups excluding carboxylic acids is 1. The van der Waals surface area contributed by atoms with Crippen molar-refractivity contribution in [2.24, 2.45) is 0 Å². The molecule has 5 rings (SSSR count). The molecule has 3 aromatic rings. The third kappa shape index (κ3) is 3.39. The predicted molar refractivity (Wildman–Crippen MR) is 118 cm³/mol. The lowest BCUT2D eigenvalue weighted by Crippen LogP contribution is -2.48. The zero-order chi connectivity index (χ0) is 20.8. The number of nitrogens with zero attached hydrogens (tertiary/aromatic N) is 4. The van der Waals surface area contributed by atoms with E-state index in [9.17, 15) is 4.79 Å². The molecular formula is C24H29N5O. The Morgan fingerprint density at radius 1 is 1.13 bits per heavy atom. The van der Waals surface area contributed by atoms with Gasteiger partial charge in [-0.25, -0.2) is 9.67 Å². The van der Waals surface area contributed by atoms with Gasteiger partial charge >= 0.3 is 0 Å². The van der Waals surface area contributed by atoms with Gasteiger partial charge in [0.2, 0.25) is 0 Å². The number of benzene rings is 1. The standard InChI is InChI=1S/C24H29N5O/c1-15-11-21(24(30)26-18-12-19-9-10-20(13-18)28(19)3)22-16(2)27-29(23(22)25-15)14-17-7-5-4-6-8-17/h4-8,11,18-20H,9-10,12-14H2,1-3H3,(H,26,30)/t18?,19-,20+. The van der Waals surface area contributed by atoms with E-state index in [1.54, 1.807) is 0 Å². The second kappa shape index (κ2) is 7.51. The van der Waals surface area contributed by atoms with Gasteiger partial charge in [0.15, 0.2) is 5.65 Å². The first kappa shape index (κ1) is 19.2. The highest BCUT2D eigenvalue weighted by molar-refractivity contribution is 6.06. The number of rotatable bonds is 4. The highest BCUT2D eigenvalue weighted by atomic mass is 16.1. The number of piperidine rings is 1. The third-order valence-corrected chi connectivity index (χ3v) is 6.86. The molecule has 4 heterocycles. The molecule has 6 heteroatoms. The lowest BCUT2D eigenvalue weighted by molar-refractivity contribution is 0.0884. The molecule has 3 atom stereocenters. The molecule has 0 aliphatic carbocycles. The molecule has 1 N–H and O–H groups in total. The first-order chi connectivity index (χ1) is 14.5. The average Bonchev–Trinajstić information content (AvgIpc) is 3.12. The average molecular weight is 404 g/mol. The molecule has 0 radical (unpaired) electrons. The second-order valence-corrected chi connectivity index (χ2v) is 8.93. The highest BCUT2D eigenvalue weighted by Gasteiger charge is 2.39. The number of hydrogen-bond acceptors (Lipinski definition) is 4. The van der Waals surface area contributed by atoms with Gasteiger partial charge in [-0.1, -0.05) is 30.3 Å². The number of amides is 1. The van der Waals surface area contributed by atoms with E-state index >= 15 is 0 Å². The van der Waals surface area contributed by atoms with E-state index in [2.05, 4.69) is 29.4 Å². The minimum absolute atomic E-state index is 0.00168. The Bertz CT molecular complexity index is 1080. The summed E-state index contributed by atoms with van der Waals surface area (Å²) in [6, 6.07) is 13.6. The molecule has 2 aliphatic rings. The van der Waals surface area contributed by atoms with E-state index in [-0.39, 0.29) is 11.9 Å². The fourth-order valence-corrected chi connectivity index (χ4v) is 5.32. The van der Waals surface area contributed by atoms with Gasteiger partial charge in [-0.05, 0) is 58.2 Å². The van der Waals surface area contributed by atoms with Crippen molar-refractivity contribution in [3.63, 3.8) is 0 Å². The van der Waals surface area contributed by atoms with Crippen LogP contribution in [0.3, 0.4) is 0 Å². The van der Waals surface area contributed by atoms with E-state index in [4.69, 9.17) is 10.1 Å². The molecule has 2 aromatic heterocycles. The summed E-state index contributed by atoms with van der Waals surface area (Å²) in [6.45, 7) is 4.55. The highest BCUT2D eigenvalue weighted by Crippen LogP contribution is 2.34. The van der Waals surface area contributed by atoms with E-state index in [0.29, 0.717) is 24.2 Å². The number of carbonyl (C=O) groups is 1. The molecule has 0 saturated carbocycles. The summed E-state index contributed by atoms with van der Waals surface area (Å²) in [5.41, 5.74) is 4.33. The smallest absolute Gasteiger partial charge is 0.252 e. The van der Waals surface area contributed by atoms with Crippen molar-refractivity contribution >= 4 is 16.9 Å². The van der Waals surface area contributed by atoms with Crippen molar-refractivity contribution < 1.29 is 4.79 Å². The normalized spacial score (nSPS) is 23.8. The second-order valence-electron chi connectivity index (χ2n) is 8.93. The van der Waals surface area contributed by atoms with E-state index < -0.39 is 0 Å². The number of aryl methyl sites for hydroxylation is 2. The molecule has 1 amide bonds. The molecule has 1 aromatic carbocycles. The Labute approximate surface area is 177 Å². The Hall–Kier alpha value is -2.73. The van der Waals surface area contributed by atoms with Crippen LogP contribution in [0.25, 0.3) is 11.0 Å². The Morgan fingerprint density at radius 2 is 1.83 bits per heavy atom. The summed E-state index contributed by atoms with van der Waals surface area (Å²) < 4.78 is 1.92. The molecule has 2 fully saturated rings. The van der Waals surface area contributed by atoms with Crippen molar-refractivity contribution in [3.05, 3.63) is 58.9 Å². The largest absolute Gasteiger partial charge is 0.349 e. The van der Waals surface area contributed by atoms with E-state index in [0.717, 1.165) is 40.8 Å². The minimum atomic E-state index is 0.00168. The first-order valence-electron chi connectivity index (χ1n) is 10.9. The lowest BCUT2D eigenvalue weighted by Gasteiger charge is -2.36. The molecule has 2 saturated heterocycles. The van der Waals surface area contributed by atoms with Gasteiger partial charge in [0, 0.05) is 23.8 Å². The van der Waals surface area contributed by atoms with Crippen LogP contribution >= 0.6 is 0 Å². The molecule has 0 spiro atoms. The van der Waals surface area contributed by atoms with Crippen molar-refractivity contribution in [3.8, 4) is 0 Å². The SMILES string of the molecule is Cc1cc(C(=O)NC2C[C@H]3CC[C@@H](C2)N3C)c2c(C)nn(Cc3ccccc3)c2n1. The van der Waals surface area contributed by atoms with Crippen LogP contribution in [0.2, 0.25) is 0 Å². The monoisotopic (exact) mass is 403 g/mol. The summed E-state index contributed by atoms with van der Waals surface area (Å²) in [5.74, 6) is 0.00168. The summed E-state index contributed by atoms with van der Waals surface area (Å²) in [4.78, 5) is 20.6. The van der Waals surface area contributed by atoms with Crippen LogP contribution in [0.1, 0.15) is 53.0 Å². The topological polar surface area (TPSA) is 63.1 Å². The van der Waals surface area contributed by atoms with Crippen molar-refractivity contribution in [1.29, 1.82) is 0 Å². The fourth-order valence-electron chi connectivity index (χ4n) is 5.32. The number of hydrogen-bond donors (Lipinski definition) is 1. The van der Waals surface area contributed by atoms with Gasteiger partial charge in [-0.2, -0.15) is 5.10 Å². The maximum atomic E-state index is 13.3. The Kier molecular flexibility index (Phi) is 4.82. The predicted octanol–water partition coefficient (Wildman–Crippen LogP) is 3.45. The Morgan fingerprint density at radius 3 is 2.53 bits per heavy atom. The van der Waals surface area contributed by atoms with Crippen molar-refractivity contribution in [2.75, 3.05) is 7.05 Å². The van der Waals surface area contributed by atoms with Crippen LogP contribution in [0.5, 0.6) is 0 Å². The van der Waals surface area contributed by atoms with Crippen LogP contribution < -0.4 is 5.32 Å². The van der Waals surface area contributed by atoms with Crippen LogP contribution in [-0.4, -0.2) is 50.7 Å². The van der Waals surface area contributed by atoms with Crippen LogP contribution in [0.15, 0.2) is 36.4 Å². The molecule has 30 heavy (non-hydrogen) atoms. The maximum Gasteiger partial charge on any atom is 0.252 e. The minimum Gasteiger partial charge on any atom is -0.349 e. The summed E-state index contributed by atoms with van der Waals surface area (Å²) >= 11 is 0. The van der Waals surface area contributed by atoms with Gasteiger partial charge < -0.3 is 10.2 Å². The quantitative estimate of drug-likeness (QED) is 0.725. The molecular weight excluding hydrogens is 374 g/mol. The molecule has 6 nitrogen and oxygen atoms in total. The number of pyridine rings is 1. The summed E-state index contributed by atoms with van der Waals surface area (Å²) in [6.07, 6.45) is 4.57. The fraction of sp³-hybridized carbons (Fsp3) is 0.458. The number of fused-ring (bicyclic) bond motifs is 3. The molecule has 156 valence electrons. The van der Waals surface area contributed by atoms with Gasteiger partial charge in [-0.3, -0.25) is 4.79 Å². The van der Waals surface area contributed by atoms with E-state index in [1.165, 1.54) is 12.8 Å². The number of aromatic nitrogens is 3. The van der Waals surface area contributed by atoms with Crippen LogP contribution in [-0.2, 0) is 6.54 Å². The Balaban J connectivity index is 1.45. The molecule has 2 bridgehead atoms. The zero-order valence-corrected chi connectivity index (χ0v) is 17.9. The summed E-state index contributed by atoms with van der Waals surface area (Å²) in [7, 11) is 2.22. The third-order valence-electron chi connectivity index (χ3n) is 6.86.